The molecule has 0 amide bonds. The number of ether oxygens (including phenoxy) is 5. The summed E-state index contributed by atoms with van der Waals surface area (Å²) in [6.07, 6.45) is -5.42. The maximum atomic E-state index is 11.2. The maximum Gasteiger partial charge on any atom is 0.189 e. The maximum absolute atomic E-state index is 11.2. The van der Waals surface area contributed by atoms with Crippen LogP contribution in [0.15, 0.2) is 0 Å². The molecule has 0 aromatic carbocycles. The number of nitrogens with zero attached hydrogens (tertiary/aromatic N) is 1. The van der Waals surface area contributed by atoms with Crippen LogP contribution < -0.4 is 22.5 Å². The van der Waals surface area contributed by atoms with Gasteiger partial charge in [0.15, 0.2) is 24.8 Å². The zero-order valence-electron chi connectivity index (χ0n) is 20.6. The molecule has 0 spiro atoms. The van der Waals surface area contributed by atoms with Crippen molar-refractivity contribution in [3.8, 4) is 0 Å². The summed E-state index contributed by atoms with van der Waals surface area (Å²) in [7, 11) is 1.66. The van der Waals surface area contributed by atoms with E-state index >= 15 is 0 Å². The highest BCUT2D eigenvalue weighted by atomic mass is 16.8. The Kier molecular flexibility index (Phi) is 7.48. The molecular weight excluding hydrogens is 476 g/mol. The van der Waals surface area contributed by atoms with Crippen molar-refractivity contribution in [3.63, 3.8) is 0 Å². The molecule has 14 nitrogen and oxygen atoms in total. The first-order valence-corrected chi connectivity index (χ1v) is 12.7. The van der Waals surface area contributed by atoms with E-state index in [0.717, 1.165) is 0 Å². The summed E-state index contributed by atoms with van der Waals surface area (Å²) < 4.78 is 30.3. The Balaban J connectivity index is 1.24. The molecule has 4 aliphatic heterocycles. The van der Waals surface area contributed by atoms with Crippen molar-refractivity contribution in [1.29, 1.82) is 5.41 Å². The first-order chi connectivity index (χ1) is 17.1. The number of aliphatic hydroxyl groups excluding tert-OH is 3. The molecule has 206 valence electrons. The van der Waals surface area contributed by atoms with E-state index in [4.69, 9.17) is 46.3 Å². The van der Waals surface area contributed by atoms with Gasteiger partial charge in [0.1, 0.15) is 18.3 Å². The quantitative estimate of drug-likeness (QED) is 0.101. The number of guanidine groups is 1. The van der Waals surface area contributed by atoms with Gasteiger partial charge in [-0.25, -0.2) is 0 Å². The number of hydrogen-bond donors (Lipinski definition) is 8. The van der Waals surface area contributed by atoms with Gasteiger partial charge in [-0.1, -0.05) is 0 Å². The molecule has 5 aliphatic rings. The largest absolute Gasteiger partial charge is 0.393 e. The highest BCUT2D eigenvalue weighted by molar-refractivity contribution is 5.79. The highest BCUT2D eigenvalue weighted by Crippen LogP contribution is 2.42. The molecule has 5 fully saturated rings. The molecular formula is C22H40N6O8. The van der Waals surface area contributed by atoms with Gasteiger partial charge in [-0.05, 0) is 33.2 Å². The van der Waals surface area contributed by atoms with E-state index in [1.165, 1.54) is 0 Å². The van der Waals surface area contributed by atoms with Gasteiger partial charge in [-0.15, -0.1) is 0 Å². The van der Waals surface area contributed by atoms with Crippen molar-refractivity contribution >= 4 is 5.96 Å². The summed E-state index contributed by atoms with van der Waals surface area (Å²) in [6.45, 7) is 1.83. The van der Waals surface area contributed by atoms with E-state index in [1.54, 1.807) is 11.9 Å². The molecule has 4 saturated heterocycles. The third-order valence-electron chi connectivity index (χ3n) is 8.18. The lowest BCUT2D eigenvalue weighted by molar-refractivity contribution is -0.361. The average molecular weight is 517 g/mol. The number of nitrogens with two attached hydrogens (primary N) is 3. The van der Waals surface area contributed by atoms with Crippen molar-refractivity contribution in [3.05, 3.63) is 0 Å². The molecule has 0 radical (unpaired) electrons. The van der Waals surface area contributed by atoms with Gasteiger partial charge < -0.3 is 66.4 Å². The van der Waals surface area contributed by atoms with Crippen molar-refractivity contribution in [2.75, 3.05) is 7.05 Å². The van der Waals surface area contributed by atoms with Gasteiger partial charge in [-0.3, -0.25) is 5.41 Å². The van der Waals surface area contributed by atoms with Crippen molar-refractivity contribution in [2.45, 2.75) is 124 Å². The van der Waals surface area contributed by atoms with Crippen molar-refractivity contribution in [1.82, 2.24) is 10.2 Å². The number of hydrogen-bond acceptors (Lipinski definition) is 12. The minimum atomic E-state index is -1.05. The van der Waals surface area contributed by atoms with Gasteiger partial charge in [-0.2, -0.15) is 0 Å². The molecule has 0 aromatic rings. The second-order valence-corrected chi connectivity index (χ2v) is 10.6. The van der Waals surface area contributed by atoms with Gasteiger partial charge in [0.25, 0.3) is 0 Å². The van der Waals surface area contributed by atoms with Crippen LogP contribution in [0.5, 0.6) is 0 Å². The summed E-state index contributed by atoms with van der Waals surface area (Å²) in [4.78, 5) is 1.59. The van der Waals surface area contributed by atoms with E-state index in [1.807, 2.05) is 6.92 Å². The lowest BCUT2D eigenvalue weighted by Crippen LogP contribution is -2.68. The normalized spacial score (nSPS) is 52.9. The molecule has 0 aromatic heterocycles. The van der Waals surface area contributed by atoms with E-state index in [0.29, 0.717) is 25.7 Å². The highest BCUT2D eigenvalue weighted by Gasteiger charge is 2.63. The van der Waals surface area contributed by atoms with Crippen LogP contribution in [0.4, 0.5) is 0 Å². The number of likely N-dealkylation sites (N-methyl/N-ethyl adjacent to an activating group) is 1. The number of aliphatic hydroxyl groups is 3. The second kappa shape index (κ2) is 10.2. The Morgan fingerprint density at radius 2 is 1.69 bits per heavy atom. The minimum absolute atomic E-state index is 0.130. The molecule has 11 N–H and O–H groups in total. The van der Waals surface area contributed by atoms with Crippen LogP contribution in [-0.2, 0) is 23.7 Å². The smallest absolute Gasteiger partial charge is 0.189 e. The number of nitrogens with one attached hydrogen (secondary N) is 2. The first-order valence-electron chi connectivity index (χ1n) is 12.7. The summed E-state index contributed by atoms with van der Waals surface area (Å²) >= 11 is 0. The third kappa shape index (κ3) is 4.73. The van der Waals surface area contributed by atoms with Crippen molar-refractivity contribution < 1.29 is 39.0 Å². The van der Waals surface area contributed by atoms with Gasteiger partial charge >= 0.3 is 0 Å². The fourth-order valence-corrected chi connectivity index (χ4v) is 6.17. The molecule has 4 heterocycles. The van der Waals surface area contributed by atoms with Crippen LogP contribution in [0.25, 0.3) is 0 Å². The topological polar surface area (TPSA) is 224 Å². The minimum Gasteiger partial charge on any atom is -0.393 e. The Bertz CT molecular complexity index is 811. The lowest BCUT2D eigenvalue weighted by Gasteiger charge is -2.50. The van der Waals surface area contributed by atoms with E-state index in [9.17, 15) is 15.3 Å². The summed E-state index contributed by atoms with van der Waals surface area (Å²) in [5.74, 6) is -0.130. The Hall–Kier alpha value is -1.17. The zero-order valence-corrected chi connectivity index (χ0v) is 20.6. The molecule has 5 rings (SSSR count). The van der Waals surface area contributed by atoms with Gasteiger partial charge in [0.2, 0.25) is 0 Å². The van der Waals surface area contributed by atoms with Crippen LogP contribution in [0, 0.1) is 5.41 Å². The van der Waals surface area contributed by atoms with E-state index in [2.05, 4.69) is 5.32 Å². The zero-order chi connectivity index (χ0) is 25.9. The van der Waals surface area contributed by atoms with E-state index < -0.39 is 67.6 Å². The van der Waals surface area contributed by atoms with Crippen LogP contribution in [-0.4, -0.2) is 125 Å². The van der Waals surface area contributed by atoms with Crippen molar-refractivity contribution in [2.24, 2.45) is 17.2 Å². The Morgan fingerprint density at radius 1 is 0.944 bits per heavy atom. The van der Waals surface area contributed by atoms with Gasteiger partial charge in [0, 0.05) is 12.5 Å². The molecule has 14 heteroatoms. The lowest BCUT2D eigenvalue weighted by atomic mass is 9.89. The summed E-state index contributed by atoms with van der Waals surface area (Å²) in [6, 6.07) is -2.04. The van der Waals surface area contributed by atoms with Crippen LogP contribution in [0.1, 0.15) is 32.6 Å². The molecule has 1 aliphatic carbocycles. The molecule has 1 saturated carbocycles. The summed E-state index contributed by atoms with van der Waals surface area (Å²) in [5, 5.41) is 42.7. The van der Waals surface area contributed by atoms with Crippen LogP contribution in [0.3, 0.4) is 0 Å². The van der Waals surface area contributed by atoms with Gasteiger partial charge in [0.05, 0.1) is 48.6 Å². The van der Waals surface area contributed by atoms with E-state index in [-0.39, 0.29) is 30.2 Å². The standard InChI is InChI=1S/C22H40N6O8/c1-7-14-15(28(14)22(25)26)17(31)21(32-7)36-20-13(27-2)16(30)18-12(34-20)6-10(24)19(35-18)33-11-5-8(29)3-4-9(11)23/h7-21,27,29-31H,3-6,23-24H2,1-2H3,(H3,25,26)/t7?,8-,9?,10+,11+,12+,13?,14-,15+,16?,17?,18?,19+,20?,21-,28?/m1/s1. The second-order valence-electron chi connectivity index (χ2n) is 10.6. The predicted octanol–water partition coefficient (Wildman–Crippen LogP) is -3.57. The molecule has 7 unspecified atom stereocenters. The first kappa shape index (κ1) is 26.4. The third-order valence-corrected chi connectivity index (χ3v) is 8.18. The molecule has 15 atom stereocenters. The van der Waals surface area contributed by atoms with Crippen LogP contribution in [0.2, 0.25) is 0 Å². The predicted molar refractivity (Wildman–Crippen MR) is 124 cm³/mol. The Labute approximate surface area is 209 Å². The Morgan fingerprint density at radius 3 is 2.39 bits per heavy atom. The SMILES string of the molecule is CNC1C(O[C@H]2OC(C)[C@@H]3[C@@H](C2O)N3C(=N)N)O[C@H]2C[C@H](N)[C@@H](O[C@H]3C[C@H](O)CCC3N)OC2C1O. The number of fused-ring (bicyclic) bond motifs is 2. The summed E-state index contributed by atoms with van der Waals surface area (Å²) in [5.41, 5.74) is 18.2. The fourth-order valence-electron chi connectivity index (χ4n) is 6.17. The number of rotatable bonds is 5. The monoisotopic (exact) mass is 516 g/mol. The molecule has 36 heavy (non-hydrogen) atoms. The van der Waals surface area contributed by atoms with Crippen LogP contribution >= 0.6 is 0 Å². The average Bonchev–Trinajstić information content (AvgIpc) is 3.58. The molecule has 0 bridgehead atoms. The fraction of sp³-hybridized carbons (Fsp3) is 0.955.